The molecule has 0 radical (unpaired) electrons. The van der Waals surface area contributed by atoms with E-state index in [1.807, 2.05) is 18.2 Å². The number of halogens is 1. The average molecular weight is 445 g/mol. The predicted molar refractivity (Wildman–Crippen MR) is 108 cm³/mol. The second kappa shape index (κ2) is 8.66. The van der Waals surface area contributed by atoms with E-state index in [0.717, 1.165) is 15.8 Å². The van der Waals surface area contributed by atoms with Gasteiger partial charge in [0.1, 0.15) is 5.75 Å². The molecule has 2 N–H and O–H groups in total. The summed E-state index contributed by atoms with van der Waals surface area (Å²) in [5.74, 6) is -0.0606. The molecule has 1 aromatic heterocycles. The van der Waals surface area contributed by atoms with E-state index < -0.39 is 5.91 Å². The van der Waals surface area contributed by atoms with Gasteiger partial charge in [0.2, 0.25) is 5.88 Å². The van der Waals surface area contributed by atoms with Crippen molar-refractivity contribution in [2.24, 2.45) is 15.4 Å². The van der Waals surface area contributed by atoms with Crippen molar-refractivity contribution in [2.75, 3.05) is 13.7 Å². The van der Waals surface area contributed by atoms with E-state index in [1.165, 1.54) is 0 Å². The average Bonchev–Trinajstić information content (AvgIpc) is 3.00. The number of hydrogen-bond donors (Lipinski definition) is 2. The topological polar surface area (TPSA) is 109 Å². The molecule has 9 heteroatoms. The minimum absolute atomic E-state index is 0.168. The number of hydrogen-bond acceptors (Lipinski definition) is 6. The zero-order valence-electron chi connectivity index (χ0n) is 15.1. The molecule has 0 saturated carbocycles. The Hall–Kier alpha value is -3.20. The number of methoxy groups -OCH3 is 1. The molecule has 0 aliphatic carbocycles. The van der Waals surface area contributed by atoms with Crippen LogP contribution in [-0.2, 0) is 9.63 Å². The lowest BCUT2D eigenvalue weighted by Crippen LogP contribution is -2.04. The van der Waals surface area contributed by atoms with Crippen molar-refractivity contribution in [1.29, 1.82) is 0 Å². The Morgan fingerprint density at radius 3 is 2.68 bits per heavy atom. The number of aromatic nitrogens is 1. The van der Waals surface area contributed by atoms with Crippen LogP contribution in [0.4, 0.5) is 5.69 Å². The molecule has 0 unspecified atom stereocenters. The number of benzene rings is 2. The molecular weight excluding hydrogens is 428 g/mol. The van der Waals surface area contributed by atoms with Crippen LogP contribution in [0.5, 0.6) is 11.6 Å². The van der Waals surface area contributed by atoms with Gasteiger partial charge in [-0.25, -0.2) is 0 Å². The molecule has 0 fully saturated rings. The van der Waals surface area contributed by atoms with E-state index in [4.69, 9.17) is 9.57 Å². The Labute approximate surface area is 169 Å². The third-order valence-electron chi connectivity index (χ3n) is 3.87. The standard InChI is InChI=1S/C19H17BrN4O4/c1-11(12-3-6-14(27-2)7-4-12)24-28-10-17(25)22-23-18-15-9-13(20)5-8-16(15)21-19(18)26/h3-9,21,26H,10H2,1-2H3. The highest BCUT2D eigenvalue weighted by atomic mass is 79.9. The summed E-state index contributed by atoms with van der Waals surface area (Å²) in [5.41, 5.74) is 2.30. The summed E-state index contributed by atoms with van der Waals surface area (Å²) in [6, 6.07) is 12.6. The van der Waals surface area contributed by atoms with Crippen molar-refractivity contribution in [3.63, 3.8) is 0 Å². The van der Waals surface area contributed by atoms with E-state index in [1.54, 1.807) is 38.3 Å². The molecule has 1 amide bonds. The SMILES string of the molecule is COc1ccc(C(C)=NOCC(=O)N=Nc2c(O)[nH]c3ccc(Br)cc23)cc1. The maximum Gasteiger partial charge on any atom is 0.304 e. The Balaban J connectivity index is 1.62. The number of carbonyl (C=O) groups is 1. The molecule has 0 saturated heterocycles. The monoisotopic (exact) mass is 444 g/mol. The molecule has 28 heavy (non-hydrogen) atoms. The number of nitrogens with one attached hydrogen (secondary N) is 1. The summed E-state index contributed by atoms with van der Waals surface area (Å²) in [5, 5.41) is 21.9. The minimum Gasteiger partial charge on any atom is -0.497 e. The van der Waals surface area contributed by atoms with Crippen LogP contribution in [-0.4, -0.2) is 35.4 Å². The van der Waals surface area contributed by atoms with Gasteiger partial charge >= 0.3 is 5.91 Å². The lowest BCUT2D eigenvalue weighted by molar-refractivity contribution is -0.122. The smallest absolute Gasteiger partial charge is 0.304 e. The molecule has 3 rings (SSSR count). The number of carbonyl (C=O) groups excluding carboxylic acids is 1. The van der Waals surface area contributed by atoms with Crippen LogP contribution in [0.15, 0.2) is 62.3 Å². The number of nitrogens with zero attached hydrogens (tertiary/aromatic N) is 3. The lowest BCUT2D eigenvalue weighted by atomic mass is 10.1. The van der Waals surface area contributed by atoms with Crippen LogP contribution in [0.3, 0.4) is 0 Å². The number of oxime groups is 1. The third-order valence-corrected chi connectivity index (χ3v) is 4.37. The Morgan fingerprint density at radius 2 is 1.96 bits per heavy atom. The molecule has 0 aliphatic heterocycles. The molecule has 0 spiro atoms. The quantitative estimate of drug-likeness (QED) is 0.326. The van der Waals surface area contributed by atoms with Crippen LogP contribution in [0, 0.1) is 0 Å². The predicted octanol–water partition coefficient (Wildman–Crippen LogP) is 4.70. The first-order chi connectivity index (χ1) is 13.5. The van der Waals surface area contributed by atoms with Gasteiger partial charge in [-0.15, -0.1) is 10.2 Å². The second-order valence-corrected chi connectivity index (χ2v) is 6.70. The molecule has 0 aliphatic rings. The van der Waals surface area contributed by atoms with Gasteiger partial charge < -0.3 is 19.7 Å². The third kappa shape index (κ3) is 4.55. The van der Waals surface area contributed by atoms with E-state index >= 15 is 0 Å². The highest BCUT2D eigenvalue weighted by Gasteiger charge is 2.11. The molecule has 0 bridgehead atoms. The van der Waals surface area contributed by atoms with Crippen molar-refractivity contribution in [3.8, 4) is 11.6 Å². The maximum atomic E-state index is 11.9. The van der Waals surface area contributed by atoms with Gasteiger partial charge in [-0.2, -0.15) is 0 Å². The van der Waals surface area contributed by atoms with E-state index in [2.05, 4.69) is 36.3 Å². The van der Waals surface area contributed by atoms with E-state index in [0.29, 0.717) is 16.6 Å². The summed E-state index contributed by atoms with van der Waals surface area (Å²) in [7, 11) is 1.59. The number of fused-ring (bicyclic) bond motifs is 1. The highest BCUT2D eigenvalue weighted by Crippen LogP contribution is 2.36. The normalized spacial score (nSPS) is 11.9. The Bertz CT molecular complexity index is 1060. The van der Waals surface area contributed by atoms with Crippen LogP contribution in [0.1, 0.15) is 12.5 Å². The minimum atomic E-state index is -0.630. The molecule has 0 atom stereocenters. The first kappa shape index (κ1) is 19.6. The van der Waals surface area contributed by atoms with E-state index in [9.17, 15) is 9.90 Å². The Morgan fingerprint density at radius 1 is 1.21 bits per heavy atom. The van der Waals surface area contributed by atoms with Crippen molar-refractivity contribution in [1.82, 2.24) is 4.98 Å². The summed E-state index contributed by atoms with van der Waals surface area (Å²) < 4.78 is 5.91. The van der Waals surface area contributed by atoms with E-state index in [-0.39, 0.29) is 18.2 Å². The molecule has 1 heterocycles. The molecule has 144 valence electrons. The zero-order chi connectivity index (χ0) is 20.1. The van der Waals surface area contributed by atoms with Crippen molar-refractivity contribution in [3.05, 3.63) is 52.5 Å². The van der Waals surface area contributed by atoms with Crippen molar-refractivity contribution < 1.29 is 19.5 Å². The second-order valence-electron chi connectivity index (χ2n) is 5.78. The van der Waals surface area contributed by atoms with Crippen molar-refractivity contribution in [2.45, 2.75) is 6.92 Å². The number of rotatable bonds is 6. The number of aromatic amines is 1. The maximum absolute atomic E-state index is 11.9. The van der Waals surface area contributed by atoms with Gasteiger partial charge in [-0.3, -0.25) is 4.79 Å². The fourth-order valence-electron chi connectivity index (χ4n) is 2.44. The highest BCUT2D eigenvalue weighted by molar-refractivity contribution is 9.10. The summed E-state index contributed by atoms with van der Waals surface area (Å²) in [4.78, 5) is 19.7. The van der Waals surface area contributed by atoms with Gasteiger partial charge in [-0.05, 0) is 55.0 Å². The largest absolute Gasteiger partial charge is 0.497 e. The number of azo groups is 1. The summed E-state index contributed by atoms with van der Waals surface area (Å²) >= 11 is 3.35. The molecule has 8 nitrogen and oxygen atoms in total. The fourth-order valence-corrected chi connectivity index (χ4v) is 2.80. The molecule has 3 aromatic rings. The van der Waals surface area contributed by atoms with Crippen LogP contribution in [0.25, 0.3) is 10.9 Å². The summed E-state index contributed by atoms with van der Waals surface area (Å²) in [6.45, 7) is 1.39. The number of amides is 1. The van der Waals surface area contributed by atoms with Crippen LogP contribution < -0.4 is 4.74 Å². The van der Waals surface area contributed by atoms with Crippen LogP contribution in [0.2, 0.25) is 0 Å². The number of aromatic hydroxyl groups is 1. The van der Waals surface area contributed by atoms with Crippen LogP contribution >= 0.6 is 15.9 Å². The van der Waals surface area contributed by atoms with Crippen molar-refractivity contribution >= 4 is 44.1 Å². The Kier molecular flexibility index (Phi) is 6.05. The van der Waals surface area contributed by atoms with Gasteiger partial charge in [0.15, 0.2) is 12.3 Å². The van der Waals surface area contributed by atoms with Gasteiger partial charge in [0, 0.05) is 9.86 Å². The first-order valence-electron chi connectivity index (χ1n) is 8.23. The number of ether oxygens (including phenoxy) is 1. The summed E-state index contributed by atoms with van der Waals surface area (Å²) in [6.07, 6.45) is 0. The van der Waals surface area contributed by atoms with Gasteiger partial charge in [-0.1, -0.05) is 21.1 Å². The first-order valence-corrected chi connectivity index (χ1v) is 9.03. The zero-order valence-corrected chi connectivity index (χ0v) is 16.7. The molecular formula is C19H17BrN4O4. The fraction of sp³-hybridized carbons (Fsp3) is 0.158. The molecule has 2 aromatic carbocycles. The lowest BCUT2D eigenvalue weighted by Gasteiger charge is -2.03. The number of H-pyrrole nitrogens is 1. The van der Waals surface area contributed by atoms with Gasteiger partial charge in [0.25, 0.3) is 0 Å². The van der Waals surface area contributed by atoms with Gasteiger partial charge in [0.05, 0.1) is 18.3 Å².